The Bertz CT molecular complexity index is 4020. The Labute approximate surface area is 646 Å². The first kappa shape index (κ1) is 88.0. The maximum Gasteiger partial charge on any atom is 0.312 e. The molecular weight excluding hydrogens is 1450 g/mol. The number of rotatable bonds is 40. The Balaban J connectivity index is 1.34. The van der Waals surface area contributed by atoms with E-state index in [9.17, 15) is 33.6 Å². The second kappa shape index (κ2) is 42.1. The number of urea groups is 1. The predicted octanol–water partition coefficient (Wildman–Crippen LogP) is 2.58. The van der Waals surface area contributed by atoms with Gasteiger partial charge < -0.3 is 90.5 Å². The molecule has 5 aromatic rings. The molecule has 0 saturated carbocycles. The van der Waals surface area contributed by atoms with Crippen molar-refractivity contribution in [3.8, 4) is 5.75 Å². The highest BCUT2D eigenvalue weighted by atomic mass is 35.5. The number of amides is 13. The van der Waals surface area contributed by atoms with Crippen molar-refractivity contribution in [2.45, 2.75) is 211 Å². The van der Waals surface area contributed by atoms with E-state index in [1.165, 1.54) is 31.1 Å². The first-order chi connectivity index (χ1) is 51.9. The van der Waals surface area contributed by atoms with Gasteiger partial charge in [0.2, 0.25) is 65.0 Å². The van der Waals surface area contributed by atoms with Crippen molar-refractivity contribution in [2.24, 2.45) is 33.8 Å². The number of hydrogen-bond donors (Lipinski definition) is 14. The average molecular weight is 1560 g/mol. The summed E-state index contributed by atoms with van der Waals surface area (Å²) in [7, 11) is 0. The van der Waals surface area contributed by atoms with Gasteiger partial charge in [0, 0.05) is 69.7 Å². The van der Waals surface area contributed by atoms with Crippen molar-refractivity contribution in [1.82, 2.24) is 63.1 Å². The van der Waals surface area contributed by atoms with Crippen LogP contribution in [0.5, 0.6) is 5.75 Å². The maximum absolute atomic E-state index is 15.3. The summed E-state index contributed by atoms with van der Waals surface area (Å²) in [4.78, 5) is 180. The second-order valence-corrected chi connectivity index (χ2v) is 30.2. The summed E-state index contributed by atoms with van der Waals surface area (Å²) in [5.41, 5.74) is 22.7. The fraction of sp³-hybridized carbons (Fsp3) is 0.487. The Hall–Kier alpha value is -10.9. The molecule has 1 aliphatic heterocycles. The lowest BCUT2D eigenvalue weighted by Gasteiger charge is -2.31. The third kappa shape index (κ3) is 30.2. The molecule has 1 saturated heterocycles. The minimum absolute atomic E-state index is 0.00547. The minimum atomic E-state index is -1.64. The van der Waals surface area contributed by atoms with Crippen LogP contribution in [-0.2, 0) is 83.2 Å². The largest absolute Gasteiger partial charge is 0.488 e. The van der Waals surface area contributed by atoms with Gasteiger partial charge in [-0.25, -0.2) is 4.79 Å². The highest BCUT2D eigenvalue weighted by Crippen LogP contribution is 2.24. The van der Waals surface area contributed by atoms with Crippen LogP contribution < -0.4 is 80.8 Å². The van der Waals surface area contributed by atoms with Crippen LogP contribution in [0.1, 0.15) is 136 Å². The molecule has 6 rings (SSSR count). The lowest BCUT2D eigenvalue weighted by atomic mass is 9.99. The molecule has 4 aromatic carbocycles. The number of carbonyl (C=O) groups is 12. The number of aromatic nitrogens is 1. The van der Waals surface area contributed by atoms with Gasteiger partial charge in [0.15, 0.2) is 5.96 Å². The highest BCUT2D eigenvalue weighted by Gasteiger charge is 2.41. The highest BCUT2D eigenvalue weighted by molar-refractivity contribution is 6.30. The van der Waals surface area contributed by atoms with Crippen molar-refractivity contribution < 1.29 is 67.0 Å². The van der Waals surface area contributed by atoms with Crippen molar-refractivity contribution in [2.75, 3.05) is 26.2 Å². The number of guanidine groups is 1. The minimum Gasteiger partial charge on any atom is -0.488 e. The molecule has 1 aliphatic rings. The van der Waals surface area contributed by atoms with E-state index in [2.05, 4.69) is 63.1 Å². The van der Waals surface area contributed by atoms with Gasteiger partial charge in [-0.2, -0.15) is 0 Å². The number of nitrogens with zero attached hydrogens (tertiary/aromatic N) is 3. The zero-order valence-corrected chi connectivity index (χ0v) is 64.9. The number of fused-ring (bicyclic) bond motifs is 1. The molecule has 0 radical (unpaired) electrons. The van der Waals surface area contributed by atoms with Crippen molar-refractivity contribution >= 4 is 99.3 Å². The van der Waals surface area contributed by atoms with E-state index in [0.717, 1.165) is 16.3 Å². The molecule has 1 aromatic heterocycles. The van der Waals surface area contributed by atoms with Crippen molar-refractivity contribution in [1.29, 1.82) is 0 Å². The molecule has 0 aliphatic carbocycles. The van der Waals surface area contributed by atoms with E-state index in [1.54, 1.807) is 95.3 Å². The van der Waals surface area contributed by atoms with Crippen LogP contribution in [-0.4, -0.2) is 185 Å². The molecule has 596 valence electrons. The third-order valence-electron chi connectivity index (χ3n) is 17.6. The van der Waals surface area contributed by atoms with Crippen molar-refractivity contribution in [3.05, 3.63) is 143 Å². The lowest BCUT2D eigenvalue weighted by Crippen LogP contribution is -2.62. The predicted molar refractivity (Wildman–Crippen MR) is 416 cm³/mol. The SMILES string of the molecule is CC(=O)N[C@H](Cc1ccc2ccccc2c1)C(=O)N[C@H](Cc1ccc(Cl)cc1)C(=O)N[C@H](Cc1cccnc1)C(=O)N[C@@H](COC(C)(C)C)C(=O)N[C@@H](Cc1ccc(OC(C)(C)C)cc1)C(=O)N[C@H](CCCNC(N)=O)C(=O)N[C@@H](CC(C)C)C(=O)N[14C@@H]([14CH2][14CH2][14CH2]N=[14C](N)N)[14C](=O)N1CCC[C@H]1C(=O)N[C@H](C)C(N)=O. The number of carbonyl (C=O) groups excluding carboxylic acids is 12. The van der Waals surface area contributed by atoms with Crippen LogP contribution in [0.25, 0.3) is 10.8 Å². The number of likely N-dealkylation sites (tertiary alicyclic amines) is 1. The van der Waals surface area contributed by atoms with Gasteiger partial charge in [-0.05, 0) is 163 Å². The van der Waals surface area contributed by atoms with Gasteiger partial charge >= 0.3 is 6.03 Å². The van der Waals surface area contributed by atoms with E-state index < -0.39 is 149 Å². The molecule has 32 heteroatoms. The van der Waals surface area contributed by atoms with Crippen LogP contribution in [0, 0.1) is 5.92 Å². The number of aliphatic imine (C=N–C) groups is 1. The quantitative estimate of drug-likeness (QED) is 0.0152. The zero-order chi connectivity index (χ0) is 81.0. The molecule has 1 fully saturated rings. The summed E-state index contributed by atoms with van der Waals surface area (Å²) < 4.78 is 12.3. The van der Waals surface area contributed by atoms with Gasteiger partial charge in [0.25, 0.3) is 0 Å². The Morgan fingerprint density at radius 3 is 1.71 bits per heavy atom. The first-order valence-corrected chi connectivity index (χ1v) is 37.2. The number of nitrogens with one attached hydrogen (secondary N) is 10. The topological polar surface area (TPSA) is 476 Å². The summed E-state index contributed by atoms with van der Waals surface area (Å²) in [6.45, 7) is 16.6. The summed E-state index contributed by atoms with van der Waals surface area (Å²) in [5, 5.41) is 29.5. The van der Waals surface area contributed by atoms with E-state index >= 15 is 24.0 Å². The molecule has 18 N–H and O–H groups in total. The molecule has 2 heterocycles. The number of primary amides is 2. The first-order valence-electron chi connectivity index (χ1n) is 36.8. The summed E-state index contributed by atoms with van der Waals surface area (Å²) >= 11 is 6.29. The molecular formula is C78H108ClN17O14. The van der Waals surface area contributed by atoms with E-state index in [1.807, 2.05) is 63.2 Å². The fourth-order valence-electron chi connectivity index (χ4n) is 12.1. The number of benzene rings is 4. The summed E-state index contributed by atoms with van der Waals surface area (Å²) in [6.07, 6.45) is 3.06. The molecule has 31 nitrogen and oxygen atoms in total. The van der Waals surface area contributed by atoms with Gasteiger partial charge in [-0.3, -0.25) is 62.7 Å². The number of pyridine rings is 1. The van der Waals surface area contributed by atoms with Gasteiger partial charge in [0.1, 0.15) is 71.8 Å². The summed E-state index contributed by atoms with van der Waals surface area (Å²) in [6, 6.07) is 15.4. The Kier molecular flexibility index (Phi) is 33.7. The molecule has 0 unspecified atom stereocenters. The monoisotopic (exact) mass is 1550 g/mol. The molecule has 10 atom stereocenters. The Morgan fingerprint density at radius 2 is 1.16 bits per heavy atom. The van der Waals surface area contributed by atoms with Crippen LogP contribution in [0.4, 0.5) is 4.79 Å². The summed E-state index contributed by atoms with van der Waals surface area (Å²) in [5.74, 6) is -8.64. The molecule has 13 amide bonds. The van der Waals surface area contributed by atoms with E-state index in [0.29, 0.717) is 33.9 Å². The molecule has 110 heavy (non-hydrogen) atoms. The molecule has 0 bridgehead atoms. The van der Waals surface area contributed by atoms with Crippen LogP contribution in [0.2, 0.25) is 5.02 Å². The van der Waals surface area contributed by atoms with Crippen LogP contribution >= 0.6 is 11.6 Å². The number of nitrogens with two attached hydrogens (primary N) is 4. The number of ether oxygens (including phenoxy) is 2. The smallest absolute Gasteiger partial charge is 0.312 e. The van der Waals surface area contributed by atoms with Gasteiger partial charge in [0.05, 0.1) is 12.2 Å². The van der Waals surface area contributed by atoms with E-state index in [-0.39, 0.29) is 95.7 Å². The zero-order valence-electron chi connectivity index (χ0n) is 64.2. The standard InChI is InChI=1S/C78H108ClN17O14/c1-45(2)37-58(67(100)90-57(21-15-34-85-75(81)82)74(107)96-36-16-22-64(96)73(106)87-46(3)65(80)98)91-66(99)56(20-14-35-86-76(83)108)89-69(102)60(40-49-26-31-55(32-27-49)110-78(8,9)10)94-72(105)63(44-109-77(5,6)7)95-71(104)62(42-51-17-13-33-84-43-51)93-70(103)61(39-48-24-29-54(79)30-25-48)92-68(101)59(88-47(4)97)41-50-23-28-52-18-11-12-19-53(52)38-50/h11-13,17-19,23-33,38,43,45-46,56-64H,14-16,20-22,34-37,39-42,44H2,1-10H3,(H2,80,98)(H,87,106)(H,88,97)(H,89,102)(H,90,100)(H,91,99)(H,92,101)(H,93,103)(H,94,105)(H,95,104)(H4,81,82,85)(H3,83,86,108)/t46-,56-,57+,58+,59-,60+,61-,62-,63+,64+/m1/s1/i15+2,21+2,34+2,57+2,74+2,75+2. The average Bonchev–Trinajstić information content (AvgIpc) is 1.47. The van der Waals surface area contributed by atoms with Gasteiger partial charge in [-0.1, -0.05) is 98.2 Å². The normalized spacial score (nSPS) is 15.3. The van der Waals surface area contributed by atoms with E-state index in [4.69, 9.17) is 44.0 Å². The Morgan fingerprint density at radius 1 is 0.636 bits per heavy atom. The third-order valence-corrected chi connectivity index (χ3v) is 17.8. The van der Waals surface area contributed by atoms with Crippen molar-refractivity contribution in [3.63, 3.8) is 0 Å². The second-order valence-electron chi connectivity index (χ2n) is 29.8. The van der Waals surface area contributed by atoms with Crippen LogP contribution in [0.15, 0.2) is 121 Å². The number of hydrogen-bond acceptors (Lipinski definition) is 16. The van der Waals surface area contributed by atoms with Crippen LogP contribution in [0.3, 0.4) is 0 Å². The lowest BCUT2D eigenvalue weighted by molar-refractivity contribution is -0.142. The molecule has 0 spiro atoms. The fourth-order valence-corrected chi connectivity index (χ4v) is 12.3. The van der Waals surface area contributed by atoms with Gasteiger partial charge in [-0.15, -0.1) is 0 Å². The number of halogens is 1. The maximum atomic E-state index is 15.3.